The lowest BCUT2D eigenvalue weighted by atomic mass is 10.1. The lowest BCUT2D eigenvalue weighted by Crippen LogP contribution is -2.30. The summed E-state index contributed by atoms with van der Waals surface area (Å²) in [5, 5.41) is 0. The Labute approximate surface area is 162 Å². The molecule has 2 aromatic heterocycles. The average Bonchev–Trinajstić information content (AvgIpc) is 2.86. The number of hydrogen-bond acceptors (Lipinski definition) is 5. The summed E-state index contributed by atoms with van der Waals surface area (Å²) >= 11 is 1.21. The molecule has 0 saturated carbocycles. The van der Waals surface area contributed by atoms with Gasteiger partial charge in [0.15, 0.2) is 0 Å². The molecule has 0 radical (unpaired) electrons. The summed E-state index contributed by atoms with van der Waals surface area (Å²) in [5.41, 5.74) is 1.91. The molecule has 27 heavy (non-hydrogen) atoms. The van der Waals surface area contributed by atoms with E-state index >= 15 is 0 Å². The van der Waals surface area contributed by atoms with Crippen LogP contribution < -0.4 is 4.87 Å². The van der Waals surface area contributed by atoms with Crippen LogP contribution in [-0.2, 0) is 6.54 Å². The third-order valence-corrected chi connectivity index (χ3v) is 6.11. The number of likely N-dealkylation sites (tertiary alicyclic amines) is 1. The lowest BCUT2D eigenvalue weighted by Gasteiger charge is -2.19. The van der Waals surface area contributed by atoms with Gasteiger partial charge in [0.2, 0.25) is 5.78 Å². The van der Waals surface area contributed by atoms with E-state index in [0.717, 1.165) is 29.9 Å². The smallest absolute Gasteiger partial charge is 0.302 e. The van der Waals surface area contributed by atoms with E-state index in [0.29, 0.717) is 17.8 Å². The normalized spacial score (nSPS) is 15.7. The third kappa shape index (κ3) is 4.01. The predicted octanol–water partition coefficient (Wildman–Crippen LogP) is 3.57. The molecule has 0 aliphatic carbocycles. The van der Waals surface area contributed by atoms with Gasteiger partial charge in [-0.2, -0.15) is 0 Å². The van der Waals surface area contributed by atoms with Gasteiger partial charge in [-0.1, -0.05) is 30.2 Å². The molecule has 0 bridgehead atoms. The monoisotopic (exact) mass is 381 g/mol. The maximum Gasteiger partial charge on any atom is 0.308 e. The molecule has 4 rings (SSSR count). The molecule has 0 amide bonds. The van der Waals surface area contributed by atoms with Gasteiger partial charge in [-0.25, -0.2) is 0 Å². The van der Waals surface area contributed by atoms with Crippen LogP contribution in [0.5, 0.6) is 0 Å². The maximum absolute atomic E-state index is 12.6. The minimum atomic E-state index is -0.116. The summed E-state index contributed by atoms with van der Waals surface area (Å²) in [6.45, 7) is 3.85. The zero-order valence-electron chi connectivity index (χ0n) is 15.3. The number of carbonyl (C=O) groups excluding carboxylic acids is 1. The number of pyridine rings is 1. The van der Waals surface area contributed by atoms with E-state index < -0.39 is 0 Å². The van der Waals surface area contributed by atoms with Crippen LogP contribution >= 0.6 is 11.3 Å². The highest BCUT2D eigenvalue weighted by Gasteiger charge is 2.15. The van der Waals surface area contributed by atoms with Crippen molar-refractivity contribution in [1.29, 1.82) is 0 Å². The molecule has 1 aromatic carbocycles. The fourth-order valence-electron chi connectivity index (χ4n) is 3.67. The first kappa shape index (κ1) is 18.1. The van der Waals surface area contributed by atoms with Gasteiger partial charge in [0.1, 0.15) is 5.69 Å². The van der Waals surface area contributed by atoms with Gasteiger partial charge in [0.25, 0.3) is 0 Å². The number of rotatable bonds is 5. The Kier molecular flexibility index (Phi) is 5.45. The topological polar surface area (TPSA) is 55.2 Å². The highest BCUT2D eigenvalue weighted by atomic mass is 32.1. The molecule has 5 nitrogen and oxygen atoms in total. The first-order valence-corrected chi connectivity index (χ1v) is 10.4. The van der Waals surface area contributed by atoms with E-state index in [-0.39, 0.29) is 10.7 Å². The molecule has 1 saturated heterocycles. The molecular weight excluding hydrogens is 358 g/mol. The summed E-state index contributed by atoms with van der Waals surface area (Å²) < 4.78 is 2.71. The predicted molar refractivity (Wildman–Crippen MR) is 109 cm³/mol. The Balaban J connectivity index is 1.55. The molecule has 0 N–H and O–H groups in total. The molecule has 1 aliphatic rings. The van der Waals surface area contributed by atoms with Crippen LogP contribution in [0.2, 0.25) is 0 Å². The van der Waals surface area contributed by atoms with Crippen molar-refractivity contribution in [2.45, 2.75) is 32.2 Å². The van der Waals surface area contributed by atoms with Crippen LogP contribution in [0.1, 0.15) is 41.7 Å². The van der Waals surface area contributed by atoms with Crippen LogP contribution in [0, 0.1) is 0 Å². The van der Waals surface area contributed by atoms with Crippen LogP contribution in [0.3, 0.4) is 0 Å². The highest BCUT2D eigenvalue weighted by Crippen LogP contribution is 2.21. The molecule has 0 unspecified atom stereocenters. The Hall–Kier alpha value is -2.31. The minimum Gasteiger partial charge on any atom is -0.302 e. The van der Waals surface area contributed by atoms with Gasteiger partial charge in [-0.15, -0.1) is 0 Å². The Bertz CT molecular complexity index is 986. The van der Waals surface area contributed by atoms with E-state index in [4.69, 9.17) is 0 Å². The fraction of sp³-hybridized carbons (Fsp3) is 0.381. The Morgan fingerprint density at radius 1 is 1.04 bits per heavy atom. The van der Waals surface area contributed by atoms with Gasteiger partial charge < -0.3 is 4.90 Å². The molecule has 3 aromatic rings. The third-order valence-electron chi connectivity index (χ3n) is 5.17. The van der Waals surface area contributed by atoms with Crippen LogP contribution in [0.15, 0.2) is 47.4 Å². The van der Waals surface area contributed by atoms with E-state index in [2.05, 4.69) is 9.88 Å². The number of benzene rings is 1. The minimum absolute atomic E-state index is 0.0438. The fourth-order valence-corrected chi connectivity index (χ4v) is 4.62. The lowest BCUT2D eigenvalue weighted by molar-refractivity contribution is 0.103. The zero-order valence-corrected chi connectivity index (χ0v) is 16.1. The van der Waals surface area contributed by atoms with Crippen molar-refractivity contribution < 1.29 is 4.79 Å². The molecule has 3 heterocycles. The SMILES string of the molecule is O=C(c1ccc2c(c1)sc(=O)n2CCN1CCCCCC1)c1ccccn1. The van der Waals surface area contributed by atoms with Gasteiger partial charge in [-0.3, -0.25) is 19.1 Å². The first-order chi connectivity index (χ1) is 13.2. The summed E-state index contributed by atoms with van der Waals surface area (Å²) in [7, 11) is 0. The van der Waals surface area contributed by atoms with Crippen molar-refractivity contribution in [3.63, 3.8) is 0 Å². The Morgan fingerprint density at radius 3 is 2.59 bits per heavy atom. The van der Waals surface area contributed by atoms with Crippen molar-refractivity contribution in [2.75, 3.05) is 19.6 Å². The molecule has 0 spiro atoms. The summed E-state index contributed by atoms with van der Waals surface area (Å²) in [6, 6.07) is 10.8. The summed E-state index contributed by atoms with van der Waals surface area (Å²) in [5.74, 6) is -0.116. The largest absolute Gasteiger partial charge is 0.308 e. The van der Waals surface area contributed by atoms with Crippen LogP contribution in [0.4, 0.5) is 0 Å². The van der Waals surface area contributed by atoms with Crippen molar-refractivity contribution in [1.82, 2.24) is 14.5 Å². The number of hydrogen-bond donors (Lipinski definition) is 0. The highest BCUT2D eigenvalue weighted by molar-refractivity contribution is 7.16. The number of fused-ring (bicyclic) bond motifs is 1. The van der Waals surface area contributed by atoms with E-state index in [9.17, 15) is 9.59 Å². The second kappa shape index (κ2) is 8.15. The molecular formula is C21H23N3O2S. The number of nitrogens with zero attached hydrogens (tertiary/aromatic N) is 3. The van der Waals surface area contributed by atoms with Gasteiger partial charge in [-0.05, 0) is 56.3 Å². The van der Waals surface area contributed by atoms with Crippen molar-refractivity contribution >= 4 is 27.3 Å². The van der Waals surface area contributed by atoms with Gasteiger partial charge >= 0.3 is 4.87 Å². The molecule has 6 heteroatoms. The van der Waals surface area contributed by atoms with Crippen LogP contribution in [-0.4, -0.2) is 39.9 Å². The molecule has 140 valence electrons. The van der Waals surface area contributed by atoms with Gasteiger partial charge in [0.05, 0.1) is 10.2 Å². The molecule has 1 fully saturated rings. The number of ketones is 1. The van der Waals surface area contributed by atoms with Gasteiger partial charge in [0, 0.05) is 24.8 Å². The van der Waals surface area contributed by atoms with Crippen molar-refractivity contribution in [3.05, 3.63) is 63.5 Å². The summed E-state index contributed by atoms with van der Waals surface area (Å²) in [4.78, 5) is 31.7. The Morgan fingerprint density at radius 2 is 1.85 bits per heavy atom. The molecule has 1 aliphatic heterocycles. The standard InChI is InChI=1S/C21H23N3O2S/c25-20(17-7-3-4-10-22-17)16-8-9-18-19(15-16)27-21(26)24(18)14-13-23-11-5-1-2-6-12-23/h3-4,7-10,15H,1-2,5-6,11-14H2. The zero-order chi connectivity index (χ0) is 18.6. The number of thiazole rings is 1. The maximum atomic E-state index is 12.6. The van der Waals surface area contributed by atoms with Crippen molar-refractivity contribution in [3.8, 4) is 0 Å². The first-order valence-electron chi connectivity index (χ1n) is 9.54. The summed E-state index contributed by atoms with van der Waals surface area (Å²) in [6.07, 6.45) is 6.73. The van der Waals surface area contributed by atoms with Crippen LogP contribution in [0.25, 0.3) is 10.2 Å². The second-order valence-electron chi connectivity index (χ2n) is 7.00. The van der Waals surface area contributed by atoms with E-state index in [1.807, 2.05) is 16.7 Å². The second-order valence-corrected chi connectivity index (χ2v) is 8.00. The number of aromatic nitrogens is 2. The molecule has 0 atom stereocenters. The average molecular weight is 382 g/mol. The van der Waals surface area contributed by atoms with E-state index in [1.165, 1.54) is 37.0 Å². The van der Waals surface area contributed by atoms with E-state index in [1.54, 1.807) is 30.5 Å². The quantitative estimate of drug-likeness (QED) is 0.634. The van der Waals surface area contributed by atoms with Crippen molar-refractivity contribution in [2.24, 2.45) is 0 Å². The number of carbonyl (C=O) groups is 1.